The van der Waals surface area contributed by atoms with E-state index >= 15 is 0 Å². The summed E-state index contributed by atoms with van der Waals surface area (Å²) in [4.78, 5) is 36.5. The van der Waals surface area contributed by atoms with Gasteiger partial charge in [-0.25, -0.2) is 4.79 Å². The number of aryl methyl sites for hydroxylation is 1. The highest BCUT2D eigenvalue weighted by Gasteiger charge is 2.24. The van der Waals surface area contributed by atoms with Crippen LogP contribution in [0.4, 0.5) is 0 Å². The zero-order valence-corrected chi connectivity index (χ0v) is 16.9. The molecule has 0 heterocycles. The van der Waals surface area contributed by atoms with Crippen molar-refractivity contribution in [2.75, 3.05) is 18.6 Å². The average Bonchev–Trinajstić information content (AvgIpc) is 2.54. The molecule has 0 aromatic heterocycles. The summed E-state index contributed by atoms with van der Waals surface area (Å²) < 4.78 is 5.09. The zero-order valence-electron chi connectivity index (χ0n) is 16.0. The van der Waals surface area contributed by atoms with Crippen molar-refractivity contribution in [3.05, 3.63) is 35.4 Å². The molecule has 0 bridgehead atoms. The Bertz CT molecular complexity index is 641. The van der Waals surface area contributed by atoms with Gasteiger partial charge in [-0.05, 0) is 58.3 Å². The maximum absolute atomic E-state index is 12.4. The number of nitrogens with one attached hydrogen (secondary N) is 2. The molecule has 0 unspecified atom stereocenters. The predicted octanol–water partition coefficient (Wildman–Crippen LogP) is 2.30. The number of carbonyl (C=O) groups excluding carboxylic acids is 3. The van der Waals surface area contributed by atoms with E-state index in [0.717, 1.165) is 5.56 Å². The number of ether oxygens (including phenoxy) is 1. The van der Waals surface area contributed by atoms with Crippen molar-refractivity contribution < 1.29 is 19.1 Å². The van der Waals surface area contributed by atoms with E-state index in [1.807, 2.05) is 40.0 Å². The SMILES string of the molecule is CSCC[C@H](NC(=O)c1cccc(C)c1)C(=O)OCC(=O)NC(C)(C)C. The van der Waals surface area contributed by atoms with Gasteiger partial charge in [0.1, 0.15) is 6.04 Å². The van der Waals surface area contributed by atoms with Crippen LogP contribution in [0.1, 0.15) is 43.1 Å². The molecule has 1 aromatic rings. The minimum atomic E-state index is -0.794. The molecule has 0 aliphatic heterocycles. The van der Waals surface area contributed by atoms with Gasteiger partial charge in [-0.15, -0.1) is 0 Å². The van der Waals surface area contributed by atoms with Gasteiger partial charge < -0.3 is 15.4 Å². The van der Waals surface area contributed by atoms with Crippen LogP contribution in [0.15, 0.2) is 24.3 Å². The lowest BCUT2D eigenvalue weighted by Crippen LogP contribution is -2.45. The number of carbonyl (C=O) groups is 3. The highest BCUT2D eigenvalue weighted by molar-refractivity contribution is 7.98. The van der Waals surface area contributed by atoms with Crippen LogP contribution in [0.3, 0.4) is 0 Å². The molecule has 26 heavy (non-hydrogen) atoms. The third-order valence-corrected chi connectivity index (χ3v) is 3.98. The Morgan fingerprint density at radius 3 is 2.50 bits per heavy atom. The van der Waals surface area contributed by atoms with E-state index < -0.39 is 17.6 Å². The fourth-order valence-electron chi connectivity index (χ4n) is 2.20. The van der Waals surface area contributed by atoms with Gasteiger partial charge >= 0.3 is 5.97 Å². The molecule has 0 aliphatic rings. The first-order valence-corrected chi connectivity index (χ1v) is 9.86. The van der Waals surface area contributed by atoms with Crippen LogP contribution >= 0.6 is 11.8 Å². The van der Waals surface area contributed by atoms with Crippen molar-refractivity contribution in [2.45, 2.75) is 45.7 Å². The maximum Gasteiger partial charge on any atom is 0.329 e. The summed E-state index contributed by atoms with van der Waals surface area (Å²) >= 11 is 1.57. The molecule has 0 radical (unpaired) electrons. The lowest BCUT2D eigenvalue weighted by Gasteiger charge is -2.21. The quantitative estimate of drug-likeness (QED) is 0.676. The Labute approximate surface area is 159 Å². The van der Waals surface area contributed by atoms with Crippen LogP contribution in [0, 0.1) is 6.92 Å². The predicted molar refractivity (Wildman–Crippen MR) is 104 cm³/mol. The van der Waals surface area contributed by atoms with Gasteiger partial charge in [0.25, 0.3) is 11.8 Å². The van der Waals surface area contributed by atoms with Crippen LogP contribution in [-0.2, 0) is 14.3 Å². The van der Waals surface area contributed by atoms with E-state index in [1.165, 1.54) is 0 Å². The summed E-state index contributed by atoms with van der Waals surface area (Å²) in [5, 5.41) is 5.43. The first-order chi connectivity index (χ1) is 12.1. The van der Waals surface area contributed by atoms with E-state index in [9.17, 15) is 14.4 Å². The van der Waals surface area contributed by atoms with E-state index in [0.29, 0.717) is 17.7 Å². The van der Waals surface area contributed by atoms with Crippen molar-refractivity contribution in [3.63, 3.8) is 0 Å². The standard InChI is InChI=1S/C19H28N2O4S/c1-13-7-6-8-14(11-13)17(23)20-15(9-10-26-5)18(24)25-12-16(22)21-19(2,3)4/h6-8,11,15H,9-10,12H2,1-5H3,(H,20,23)(H,21,22)/t15-/m0/s1. The van der Waals surface area contributed by atoms with E-state index in [1.54, 1.807) is 30.0 Å². The summed E-state index contributed by atoms with van der Waals surface area (Å²) in [6, 6.07) is 6.33. The van der Waals surface area contributed by atoms with Crippen LogP contribution in [0.2, 0.25) is 0 Å². The van der Waals surface area contributed by atoms with Gasteiger partial charge in [0, 0.05) is 11.1 Å². The zero-order chi connectivity index (χ0) is 19.7. The topological polar surface area (TPSA) is 84.5 Å². The summed E-state index contributed by atoms with van der Waals surface area (Å²) in [7, 11) is 0. The molecule has 0 saturated heterocycles. The van der Waals surface area contributed by atoms with Crippen molar-refractivity contribution in [1.29, 1.82) is 0 Å². The van der Waals surface area contributed by atoms with Crippen LogP contribution in [0.25, 0.3) is 0 Å². The second-order valence-corrected chi connectivity index (χ2v) is 8.07. The highest BCUT2D eigenvalue weighted by Crippen LogP contribution is 2.08. The molecular formula is C19H28N2O4S. The monoisotopic (exact) mass is 380 g/mol. The second kappa shape index (κ2) is 10.2. The molecule has 2 N–H and O–H groups in total. The molecular weight excluding hydrogens is 352 g/mol. The Morgan fingerprint density at radius 2 is 1.92 bits per heavy atom. The van der Waals surface area contributed by atoms with Crippen molar-refractivity contribution in [3.8, 4) is 0 Å². The van der Waals surface area contributed by atoms with E-state index in [-0.39, 0.29) is 18.4 Å². The molecule has 144 valence electrons. The third-order valence-electron chi connectivity index (χ3n) is 3.34. The summed E-state index contributed by atoms with van der Waals surface area (Å²) in [6.07, 6.45) is 2.35. The molecule has 0 spiro atoms. The van der Waals surface area contributed by atoms with Gasteiger partial charge in [-0.1, -0.05) is 17.7 Å². The van der Waals surface area contributed by atoms with Gasteiger partial charge in [0.2, 0.25) is 0 Å². The fraction of sp³-hybridized carbons (Fsp3) is 0.526. The number of benzene rings is 1. The number of rotatable bonds is 8. The molecule has 1 aromatic carbocycles. The third kappa shape index (κ3) is 8.38. The molecule has 1 rings (SSSR count). The Balaban J connectivity index is 2.68. The highest BCUT2D eigenvalue weighted by atomic mass is 32.2. The Kier molecular flexibility index (Phi) is 8.65. The molecule has 7 heteroatoms. The minimum absolute atomic E-state index is 0.337. The average molecular weight is 381 g/mol. The van der Waals surface area contributed by atoms with Crippen molar-refractivity contribution in [1.82, 2.24) is 10.6 Å². The molecule has 6 nitrogen and oxygen atoms in total. The molecule has 1 atom stereocenters. The minimum Gasteiger partial charge on any atom is -0.454 e. The number of hydrogen-bond acceptors (Lipinski definition) is 5. The molecule has 0 fully saturated rings. The van der Waals surface area contributed by atoms with E-state index in [2.05, 4.69) is 10.6 Å². The smallest absolute Gasteiger partial charge is 0.329 e. The lowest BCUT2D eigenvalue weighted by atomic mass is 10.1. The van der Waals surface area contributed by atoms with Gasteiger partial charge in [0.15, 0.2) is 6.61 Å². The van der Waals surface area contributed by atoms with Crippen LogP contribution in [-0.4, -0.2) is 48.0 Å². The summed E-state index contributed by atoms with van der Waals surface area (Å²) in [6.45, 7) is 7.05. The van der Waals surface area contributed by atoms with Crippen molar-refractivity contribution >= 4 is 29.5 Å². The molecule has 0 aliphatic carbocycles. The fourth-order valence-corrected chi connectivity index (χ4v) is 2.68. The largest absolute Gasteiger partial charge is 0.454 e. The molecule has 2 amide bonds. The van der Waals surface area contributed by atoms with Gasteiger partial charge in [0.05, 0.1) is 0 Å². The molecule has 0 saturated carbocycles. The van der Waals surface area contributed by atoms with Gasteiger partial charge in [-0.3, -0.25) is 9.59 Å². The number of amides is 2. The first kappa shape index (κ1) is 22.0. The number of hydrogen-bond donors (Lipinski definition) is 2. The summed E-state index contributed by atoms with van der Waals surface area (Å²) in [5.74, 6) is -0.637. The lowest BCUT2D eigenvalue weighted by molar-refractivity contribution is -0.150. The second-order valence-electron chi connectivity index (χ2n) is 7.08. The number of esters is 1. The van der Waals surface area contributed by atoms with Gasteiger partial charge in [-0.2, -0.15) is 11.8 Å². The Hall–Kier alpha value is -2.02. The van der Waals surface area contributed by atoms with E-state index in [4.69, 9.17) is 4.74 Å². The first-order valence-electron chi connectivity index (χ1n) is 8.46. The van der Waals surface area contributed by atoms with Crippen molar-refractivity contribution in [2.24, 2.45) is 0 Å². The van der Waals surface area contributed by atoms with Crippen LogP contribution < -0.4 is 10.6 Å². The normalized spacial score (nSPS) is 12.2. The number of thioether (sulfide) groups is 1. The Morgan fingerprint density at radius 1 is 1.23 bits per heavy atom. The summed E-state index contributed by atoms with van der Waals surface area (Å²) in [5.41, 5.74) is 1.04. The maximum atomic E-state index is 12.4. The van der Waals surface area contributed by atoms with Crippen LogP contribution in [0.5, 0.6) is 0 Å².